The number of nitrogens with one attached hydrogen (secondary N) is 1. The number of benzene rings is 3. The summed E-state index contributed by atoms with van der Waals surface area (Å²) in [6.07, 6.45) is -0.876. The molecule has 0 spiro atoms. The zero-order valence-corrected chi connectivity index (χ0v) is 22.2. The number of aryl methyl sites for hydroxylation is 1. The van der Waals surface area contributed by atoms with Gasteiger partial charge in [-0.3, -0.25) is 14.7 Å². The number of carbonyl (C=O) groups excluding carboxylic acids is 1. The maximum absolute atomic E-state index is 12.9. The van der Waals surface area contributed by atoms with Crippen molar-refractivity contribution in [3.63, 3.8) is 0 Å². The molecule has 0 fully saturated rings. The minimum absolute atomic E-state index is 0.0197. The third-order valence-electron chi connectivity index (χ3n) is 5.57. The van der Waals surface area contributed by atoms with Gasteiger partial charge in [0.05, 0.1) is 9.82 Å². The van der Waals surface area contributed by atoms with Gasteiger partial charge >= 0.3 is 6.09 Å². The quantitative estimate of drug-likeness (QED) is 0.151. The lowest BCUT2D eigenvalue weighted by molar-refractivity contribution is -0.387. The molecule has 0 heterocycles. The van der Waals surface area contributed by atoms with Crippen LogP contribution < -0.4 is 5.32 Å². The molecular weight excluding hydrogens is 515 g/mol. The average molecular weight is 545 g/mol. The summed E-state index contributed by atoms with van der Waals surface area (Å²) in [5.74, 6) is -1.80. The van der Waals surface area contributed by atoms with Gasteiger partial charge in [0.2, 0.25) is 7.37 Å². The third kappa shape index (κ3) is 8.43. The van der Waals surface area contributed by atoms with Gasteiger partial charge in [-0.25, -0.2) is 4.79 Å². The van der Waals surface area contributed by atoms with Crippen molar-refractivity contribution >= 4 is 30.9 Å². The second-order valence-corrected chi connectivity index (χ2v) is 12.2. The van der Waals surface area contributed by atoms with E-state index in [0.717, 1.165) is 22.1 Å². The molecule has 3 aromatic rings. The van der Waals surface area contributed by atoms with E-state index < -0.39 is 30.3 Å². The summed E-state index contributed by atoms with van der Waals surface area (Å²) >= 11 is 1.19. The van der Waals surface area contributed by atoms with Crippen molar-refractivity contribution in [3.8, 4) is 0 Å². The van der Waals surface area contributed by atoms with Gasteiger partial charge < -0.3 is 20.1 Å². The van der Waals surface area contributed by atoms with E-state index in [1.807, 2.05) is 61.5 Å². The summed E-state index contributed by atoms with van der Waals surface area (Å²) in [6.45, 7) is 3.68. The Balaban J connectivity index is 1.59. The summed E-state index contributed by atoms with van der Waals surface area (Å²) in [7, 11) is -4.17. The van der Waals surface area contributed by atoms with Crippen LogP contribution in [0.25, 0.3) is 0 Å². The summed E-state index contributed by atoms with van der Waals surface area (Å²) in [5.41, 5.74) is 1.60. The number of ether oxygens (including phenoxy) is 1. The highest BCUT2D eigenvalue weighted by atomic mass is 32.2. The Kier molecular flexibility index (Phi) is 9.88. The molecule has 0 aliphatic rings. The van der Waals surface area contributed by atoms with E-state index in [4.69, 9.17) is 4.74 Å². The predicted molar refractivity (Wildman–Crippen MR) is 142 cm³/mol. The van der Waals surface area contributed by atoms with E-state index in [1.54, 1.807) is 6.92 Å². The van der Waals surface area contributed by atoms with Gasteiger partial charge in [-0.15, -0.1) is 0 Å². The summed E-state index contributed by atoms with van der Waals surface area (Å²) in [4.78, 5) is 34.8. The first-order valence-corrected chi connectivity index (χ1v) is 14.3. The molecule has 0 aliphatic heterocycles. The van der Waals surface area contributed by atoms with Crippen molar-refractivity contribution in [2.75, 3.05) is 6.16 Å². The smallest absolute Gasteiger partial charge is 0.407 e. The largest absolute Gasteiger partial charge is 0.445 e. The molecule has 0 aromatic heterocycles. The lowest BCUT2D eigenvalue weighted by Crippen LogP contribution is -2.33. The molecule has 3 aromatic carbocycles. The standard InChI is InChI=1S/C26H29N2O7PS/c1-18-8-11-22(12-9-18)37-24-13-10-21(16-23(24)28(31)32)25(29)36(33,34)15-14-19(2)27-26(30)35-17-20-6-4-3-5-7-20/h3-13,16,19,25,29H,14-15,17H2,1-2H3,(H,27,30)(H,33,34). The van der Waals surface area contributed by atoms with Crippen LogP contribution in [0, 0.1) is 17.0 Å². The Hall–Kier alpha value is -3.17. The number of nitro groups is 1. The van der Waals surface area contributed by atoms with Gasteiger partial charge in [-0.1, -0.05) is 65.9 Å². The monoisotopic (exact) mass is 544 g/mol. The highest BCUT2D eigenvalue weighted by molar-refractivity contribution is 7.99. The van der Waals surface area contributed by atoms with Gasteiger partial charge in [-0.05, 0) is 49.6 Å². The summed E-state index contributed by atoms with van der Waals surface area (Å²) in [6, 6.07) is 20.1. The van der Waals surface area contributed by atoms with Crippen molar-refractivity contribution in [2.45, 2.75) is 48.6 Å². The van der Waals surface area contributed by atoms with E-state index in [2.05, 4.69) is 5.32 Å². The Labute approximate surface area is 219 Å². The molecule has 0 aliphatic carbocycles. The number of nitro benzene ring substituents is 1. The average Bonchev–Trinajstić information content (AvgIpc) is 2.88. The van der Waals surface area contributed by atoms with Crippen molar-refractivity contribution in [3.05, 3.63) is 99.6 Å². The molecule has 1 amide bonds. The Morgan fingerprint density at radius 2 is 1.81 bits per heavy atom. The molecule has 9 nitrogen and oxygen atoms in total. The first-order chi connectivity index (χ1) is 17.5. The van der Waals surface area contributed by atoms with Crippen LogP contribution in [0.15, 0.2) is 82.6 Å². The molecule has 0 bridgehead atoms. The number of amides is 1. The van der Waals surface area contributed by atoms with E-state index in [-0.39, 0.29) is 30.4 Å². The van der Waals surface area contributed by atoms with Gasteiger partial charge in [0, 0.05) is 23.2 Å². The van der Waals surface area contributed by atoms with Crippen LogP contribution in [0.4, 0.5) is 10.5 Å². The van der Waals surface area contributed by atoms with Crippen LogP contribution in [0.2, 0.25) is 0 Å². The molecule has 3 unspecified atom stereocenters. The van der Waals surface area contributed by atoms with Crippen LogP contribution in [0.5, 0.6) is 0 Å². The Bertz CT molecular complexity index is 1270. The number of rotatable bonds is 11. The van der Waals surface area contributed by atoms with Gasteiger partial charge in [0.1, 0.15) is 6.61 Å². The maximum Gasteiger partial charge on any atom is 0.407 e. The van der Waals surface area contributed by atoms with Crippen molar-refractivity contribution < 1.29 is 29.0 Å². The Morgan fingerprint density at radius 1 is 1.14 bits per heavy atom. The first kappa shape index (κ1) is 28.4. The lowest BCUT2D eigenvalue weighted by atomic mass is 10.2. The minimum atomic E-state index is -4.17. The van der Waals surface area contributed by atoms with Gasteiger partial charge in [0.15, 0.2) is 5.85 Å². The zero-order valence-electron chi connectivity index (χ0n) is 20.4. The highest BCUT2D eigenvalue weighted by Crippen LogP contribution is 2.55. The number of alkyl carbamates (subject to hydrolysis) is 1. The predicted octanol–water partition coefficient (Wildman–Crippen LogP) is 6.02. The molecular formula is C26H29N2O7PS. The zero-order chi connectivity index (χ0) is 27.0. The van der Waals surface area contributed by atoms with Crippen LogP contribution in [-0.2, 0) is 15.9 Å². The lowest BCUT2D eigenvalue weighted by Gasteiger charge is -2.21. The first-order valence-electron chi connectivity index (χ1n) is 11.5. The van der Waals surface area contributed by atoms with Crippen LogP contribution >= 0.6 is 19.1 Å². The van der Waals surface area contributed by atoms with E-state index in [1.165, 1.54) is 23.9 Å². The van der Waals surface area contributed by atoms with E-state index in [9.17, 15) is 29.5 Å². The molecule has 196 valence electrons. The minimum Gasteiger partial charge on any atom is -0.445 e. The second kappa shape index (κ2) is 12.9. The normalized spacial score (nSPS) is 14.3. The summed E-state index contributed by atoms with van der Waals surface area (Å²) < 4.78 is 18.0. The van der Waals surface area contributed by atoms with Crippen LogP contribution in [0.1, 0.15) is 35.9 Å². The van der Waals surface area contributed by atoms with Crippen molar-refractivity contribution in [1.82, 2.24) is 5.32 Å². The maximum atomic E-state index is 12.9. The molecule has 0 saturated carbocycles. The van der Waals surface area contributed by atoms with E-state index in [0.29, 0.717) is 4.90 Å². The number of carbonyl (C=O) groups is 1. The summed E-state index contributed by atoms with van der Waals surface area (Å²) in [5, 5.41) is 24.9. The molecule has 3 atom stereocenters. The van der Waals surface area contributed by atoms with Crippen molar-refractivity contribution in [1.29, 1.82) is 0 Å². The molecule has 3 N–H and O–H groups in total. The molecule has 11 heteroatoms. The molecule has 0 radical (unpaired) electrons. The number of aliphatic hydroxyl groups excluding tert-OH is 1. The van der Waals surface area contributed by atoms with Gasteiger partial charge in [0.25, 0.3) is 5.69 Å². The SMILES string of the molecule is Cc1ccc(Sc2ccc(C(O)P(=O)(O)CCC(C)NC(=O)OCc3ccccc3)cc2[N+](=O)[O-])cc1. The fourth-order valence-corrected chi connectivity index (χ4v) is 5.96. The topological polar surface area (TPSA) is 139 Å². The fourth-order valence-electron chi connectivity index (χ4n) is 3.43. The van der Waals surface area contributed by atoms with Crippen molar-refractivity contribution in [2.24, 2.45) is 0 Å². The number of hydrogen-bond donors (Lipinski definition) is 3. The molecule has 37 heavy (non-hydrogen) atoms. The van der Waals surface area contributed by atoms with Crippen LogP contribution in [-0.4, -0.2) is 33.2 Å². The highest BCUT2D eigenvalue weighted by Gasteiger charge is 2.32. The molecule has 3 rings (SSSR count). The third-order valence-corrected chi connectivity index (χ3v) is 8.60. The number of hydrogen-bond acceptors (Lipinski definition) is 7. The Morgan fingerprint density at radius 3 is 2.46 bits per heavy atom. The van der Waals surface area contributed by atoms with E-state index >= 15 is 0 Å². The number of aliphatic hydroxyl groups is 1. The number of nitrogens with zero attached hydrogens (tertiary/aromatic N) is 1. The second-order valence-electron chi connectivity index (χ2n) is 8.65. The molecule has 0 saturated heterocycles. The van der Waals surface area contributed by atoms with Gasteiger partial charge in [-0.2, -0.15) is 0 Å². The van der Waals surface area contributed by atoms with Crippen LogP contribution in [0.3, 0.4) is 0 Å². The fraction of sp³-hybridized carbons (Fsp3) is 0.269.